The third-order valence-electron chi connectivity index (χ3n) is 3.52. The third-order valence-corrected chi connectivity index (χ3v) is 4.45. The van der Waals surface area contributed by atoms with Crippen molar-refractivity contribution in [2.75, 3.05) is 11.9 Å². The van der Waals surface area contributed by atoms with Crippen molar-refractivity contribution in [2.45, 2.75) is 19.6 Å². The number of benzene rings is 1. The second kappa shape index (κ2) is 9.05. The van der Waals surface area contributed by atoms with E-state index in [4.69, 9.17) is 9.15 Å². The van der Waals surface area contributed by atoms with E-state index in [0.29, 0.717) is 19.8 Å². The van der Waals surface area contributed by atoms with Gasteiger partial charge in [0.2, 0.25) is 0 Å². The Bertz CT molecular complexity index is 770. The highest BCUT2D eigenvalue weighted by Crippen LogP contribution is 2.13. The largest absolute Gasteiger partial charge is 0.467 e. The second-order valence-electron chi connectivity index (χ2n) is 5.48. The topological polar surface area (TPSA) is 63.5 Å². The Morgan fingerprint density at radius 3 is 2.88 bits per heavy atom. The number of furan rings is 1. The molecule has 1 aromatic carbocycles. The molecule has 0 atom stereocenters. The standard InChI is InChI=1S/C19H20N2O3S/c22-19(20-9-8-18-7-3-11-25-18)21-16-5-1-4-15(12-16)13-23-14-17-6-2-10-24-17/h1-7,10-12H,8-9,13-14H2,(H2,20,21,22). The van der Waals surface area contributed by atoms with Crippen molar-refractivity contribution in [2.24, 2.45) is 0 Å². The molecule has 0 fully saturated rings. The molecule has 6 heteroatoms. The number of urea groups is 1. The monoisotopic (exact) mass is 356 g/mol. The van der Waals surface area contributed by atoms with Gasteiger partial charge in [-0.3, -0.25) is 0 Å². The van der Waals surface area contributed by atoms with Gasteiger partial charge >= 0.3 is 6.03 Å². The number of carbonyl (C=O) groups is 1. The van der Waals surface area contributed by atoms with Gasteiger partial charge in [-0.15, -0.1) is 11.3 Å². The van der Waals surface area contributed by atoms with E-state index in [1.165, 1.54) is 4.88 Å². The van der Waals surface area contributed by atoms with Crippen LogP contribution < -0.4 is 10.6 Å². The van der Waals surface area contributed by atoms with E-state index in [0.717, 1.165) is 23.4 Å². The van der Waals surface area contributed by atoms with Crippen LogP contribution in [-0.4, -0.2) is 12.6 Å². The van der Waals surface area contributed by atoms with Crippen LogP contribution in [0.25, 0.3) is 0 Å². The molecule has 130 valence electrons. The Hall–Kier alpha value is -2.57. The minimum absolute atomic E-state index is 0.204. The molecule has 3 rings (SSSR count). The fourth-order valence-corrected chi connectivity index (χ4v) is 3.04. The zero-order valence-electron chi connectivity index (χ0n) is 13.7. The molecule has 0 aliphatic rings. The van der Waals surface area contributed by atoms with Crippen molar-refractivity contribution >= 4 is 23.1 Å². The molecule has 5 nitrogen and oxygen atoms in total. The molecular formula is C19H20N2O3S. The smallest absolute Gasteiger partial charge is 0.319 e. The summed E-state index contributed by atoms with van der Waals surface area (Å²) in [6.07, 6.45) is 2.46. The van der Waals surface area contributed by atoms with Crippen molar-refractivity contribution in [3.05, 3.63) is 76.4 Å². The molecule has 0 spiro atoms. The van der Waals surface area contributed by atoms with Gasteiger partial charge in [0, 0.05) is 17.1 Å². The Morgan fingerprint density at radius 2 is 2.08 bits per heavy atom. The van der Waals surface area contributed by atoms with Crippen LogP contribution in [0.5, 0.6) is 0 Å². The molecule has 2 amide bonds. The molecule has 0 bridgehead atoms. The van der Waals surface area contributed by atoms with Crippen LogP contribution in [0.2, 0.25) is 0 Å². The number of ether oxygens (including phenoxy) is 1. The van der Waals surface area contributed by atoms with Crippen molar-refractivity contribution in [3.63, 3.8) is 0 Å². The molecule has 0 aliphatic carbocycles. The Morgan fingerprint density at radius 1 is 1.12 bits per heavy atom. The van der Waals surface area contributed by atoms with Gasteiger partial charge in [-0.2, -0.15) is 0 Å². The van der Waals surface area contributed by atoms with Gasteiger partial charge < -0.3 is 19.8 Å². The van der Waals surface area contributed by atoms with Crippen LogP contribution in [-0.2, 0) is 24.4 Å². The first kappa shape index (κ1) is 17.3. The van der Waals surface area contributed by atoms with Crippen LogP contribution in [0, 0.1) is 0 Å². The van der Waals surface area contributed by atoms with E-state index >= 15 is 0 Å². The zero-order valence-corrected chi connectivity index (χ0v) is 14.6. The summed E-state index contributed by atoms with van der Waals surface area (Å²) in [6, 6.07) is 15.2. The van der Waals surface area contributed by atoms with Gasteiger partial charge in [-0.1, -0.05) is 18.2 Å². The summed E-state index contributed by atoms with van der Waals surface area (Å²) in [5.41, 5.74) is 1.73. The molecule has 0 saturated carbocycles. The normalized spacial score (nSPS) is 10.6. The van der Waals surface area contributed by atoms with E-state index in [1.54, 1.807) is 17.6 Å². The molecule has 3 aromatic rings. The fourth-order valence-electron chi connectivity index (χ4n) is 2.33. The van der Waals surface area contributed by atoms with E-state index in [-0.39, 0.29) is 6.03 Å². The maximum Gasteiger partial charge on any atom is 0.319 e. The van der Waals surface area contributed by atoms with Gasteiger partial charge in [0.1, 0.15) is 12.4 Å². The van der Waals surface area contributed by atoms with Crippen LogP contribution in [0.4, 0.5) is 10.5 Å². The summed E-state index contributed by atoms with van der Waals surface area (Å²) in [5, 5.41) is 7.75. The lowest BCUT2D eigenvalue weighted by atomic mass is 10.2. The minimum Gasteiger partial charge on any atom is -0.467 e. The van der Waals surface area contributed by atoms with E-state index in [1.807, 2.05) is 47.8 Å². The highest BCUT2D eigenvalue weighted by Gasteiger charge is 2.03. The fraction of sp³-hybridized carbons (Fsp3) is 0.211. The van der Waals surface area contributed by atoms with E-state index < -0.39 is 0 Å². The Kier molecular flexibility index (Phi) is 6.25. The number of nitrogens with one attached hydrogen (secondary N) is 2. The van der Waals surface area contributed by atoms with Crippen molar-refractivity contribution in [3.8, 4) is 0 Å². The number of anilines is 1. The number of hydrogen-bond acceptors (Lipinski definition) is 4. The lowest BCUT2D eigenvalue weighted by Gasteiger charge is -2.09. The summed E-state index contributed by atoms with van der Waals surface area (Å²) >= 11 is 1.69. The van der Waals surface area contributed by atoms with Gasteiger partial charge in [0.05, 0.1) is 12.9 Å². The van der Waals surface area contributed by atoms with Crippen LogP contribution in [0.3, 0.4) is 0 Å². The second-order valence-corrected chi connectivity index (χ2v) is 6.52. The number of carbonyl (C=O) groups excluding carboxylic acids is 1. The lowest BCUT2D eigenvalue weighted by Crippen LogP contribution is -2.30. The molecule has 2 heterocycles. The molecule has 0 unspecified atom stereocenters. The van der Waals surface area contributed by atoms with Gasteiger partial charge in [0.15, 0.2) is 0 Å². The predicted octanol–water partition coefficient (Wildman–Crippen LogP) is 4.42. The average molecular weight is 356 g/mol. The summed E-state index contributed by atoms with van der Waals surface area (Å²) in [4.78, 5) is 13.2. The predicted molar refractivity (Wildman–Crippen MR) is 98.7 cm³/mol. The molecule has 25 heavy (non-hydrogen) atoms. The first-order chi connectivity index (χ1) is 12.3. The van der Waals surface area contributed by atoms with Crippen molar-refractivity contribution in [1.29, 1.82) is 0 Å². The average Bonchev–Trinajstić information content (AvgIpc) is 3.29. The molecule has 0 radical (unpaired) electrons. The summed E-state index contributed by atoms with van der Waals surface area (Å²) in [5.74, 6) is 0.791. The quantitative estimate of drug-likeness (QED) is 0.628. The first-order valence-corrected chi connectivity index (χ1v) is 8.94. The maximum atomic E-state index is 12.0. The summed E-state index contributed by atoms with van der Waals surface area (Å²) < 4.78 is 10.8. The summed E-state index contributed by atoms with van der Waals surface area (Å²) in [6.45, 7) is 1.49. The SMILES string of the molecule is O=C(NCCc1cccs1)Nc1cccc(COCc2ccco2)c1. The number of hydrogen-bond donors (Lipinski definition) is 2. The molecule has 0 aliphatic heterocycles. The van der Waals surface area contributed by atoms with Crippen LogP contribution >= 0.6 is 11.3 Å². The summed E-state index contributed by atoms with van der Waals surface area (Å²) in [7, 11) is 0. The van der Waals surface area contributed by atoms with Crippen molar-refractivity contribution < 1.29 is 13.9 Å². The third kappa shape index (κ3) is 5.77. The van der Waals surface area contributed by atoms with Gasteiger partial charge in [-0.25, -0.2) is 4.79 Å². The highest BCUT2D eigenvalue weighted by molar-refractivity contribution is 7.09. The minimum atomic E-state index is -0.204. The van der Waals surface area contributed by atoms with Crippen LogP contribution in [0.1, 0.15) is 16.2 Å². The zero-order chi connectivity index (χ0) is 17.3. The molecule has 2 aromatic heterocycles. The number of amides is 2. The van der Waals surface area contributed by atoms with Gasteiger partial charge in [0.25, 0.3) is 0 Å². The first-order valence-electron chi connectivity index (χ1n) is 8.06. The Labute approximate surface area is 150 Å². The van der Waals surface area contributed by atoms with Gasteiger partial charge in [-0.05, 0) is 47.7 Å². The number of thiophene rings is 1. The molecule has 0 saturated heterocycles. The Balaban J connectivity index is 1.41. The number of rotatable bonds is 8. The molecular weight excluding hydrogens is 336 g/mol. The van der Waals surface area contributed by atoms with E-state index in [9.17, 15) is 4.79 Å². The molecule has 2 N–H and O–H groups in total. The maximum absolute atomic E-state index is 12.0. The van der Waals surface area contributed by atoms with E-state index in [2.05, 4.69) is 16.7 Å². The lowest BCUT2D eigenvalue weighted by molar-refractivity contribution is 0.0930. The van der Waals surface area contributed by atoms with Crippen LogP contribution in [0.15, 0.2) is 64.6 Å². The van der Waals surface area contributed by atoms with Crippen molar-refractivity contribution in [1.82, 2.24) is 5.32 Å². The highest BCUT2D eigenvalue weighted by atomic mass is 32.1.